The maximum atomic E-state index is 5.29. The molecule has 1 saturated heterocycles. The molecule has 1 aliphatic heterocycles. The maximum absolute atomic E-state index is 5.29. The van der Waals surface area contributed by atoms with Crippen molar-refractivity contribution in [2.45, 2.75) is 12.5 Å². The van der Waals surface area contributed by atoms with Gasteiger partial charge in [-0.1, -0.05) is 0 Å². The summed E-state index contributed by atoms with van der Waals surface area (Å²) in [5.74, 6) is 2.96. The van der Waals surface area contributed by atoms with Crippen LogP contribution in [0.3, 0.4) is 0 Å². The van der Waals surface area contributed by atoms with Gasteiger partial charge in [-0.15, -0.1) is 0 Å². The van der Waals surface area contributed by atoms with Crippen LogP contribution in [0, 0.1) is 0 Å². The summed E-state index contributed by atoms with van der Waals surface area (Å²) >= 11 is 0. The highest BCUT2D eigenvalue weighted by Crippen LogP contribution is 2.27. The van der Waals surface area contributed by atoms with Crippen LogP contribution in [0.15, 0.2) is 37.2 Å². The summed E-state index contributed by atoms with van der Waals surface area (Å²) in [5.41, 5.74) is 2.53. The predicted octanol–water partition coefficient (Wildman–Crippen LogP) is 1.19. The number of likely N-dealkylation sites (N-methyl/N-ethyl adjacent to an activating group) is 1. The van der Waals surface area contributed by atoms with E-state index in [0.717, 1.165) is 48.9 Å². The van der Waals surface area contributed by atoms with Crippen LogP contribution < -0.4 is 14.7 Å². The largest absolute Gasteiger partial charge is 0.383 e. The molecule has 1 unspecified atom stereocenters. The highest BCUT2D eigenvalue weighted by molar-refractivity contribution is 5.83. The van der Waals surface area contributed by atoms with E-state index in [9.17, 15) is 0 Å². The average Bonchev–Trinajstić information content (AvgIpc) is 3.32. The fraction of sp³-hybridized carbons (Fsp3) is 0.480. The van der Waals surface area contributed by atoms with E-state index in [1.807, 2.05) is 44.5 Å². The molecular weight excluding hydrogens is 484 g/mol. The van der Waals surface area contributed by atoms with Gasteiger partial charge < -0.3 is 24.4 Å². The smallest absolute Gasteiger partial charge is 0.225 e. The van der Waals surface area contributed by atoms with Gasteiger partial charge in [-0.2, -0.15) is 0 Å². The molecule has 4 aromatic heterocycles. The molecule has 1 fully saturated rings. The van der Waals surface area contributed by atoms with Crippen LogP contribution in [-0.2, 0) is 11.3 Å². The molecule has 1 aliphatic rings. The lowest BCUT2D eigenvalue weighted by Crippen LogP contribution is -2.31. The molecule has 0 amide bonds. The van der Waals surface area contributed by atoms with E-state index in [2.05, 4.69) is 44.6 Å². The highest BCUT2D eigenvalue weighted by atomic mass is 16.5. The Bertz CT molecular complexity index is 1310. The Morgan fingerprint density at radius 3 is 2.53 bits per heavy atom. The van der Waals surface area contributed by atoms with E-state index in [1.54, 1.807) is 25.8 Å². The van der Waals surface area contributed by atoms with Crippen molar-refractivity contribution >= 4 is 28.9 Å². The molecule has 4 aromatic rings. The Hall–Kier alpha value is -3.97. The summed E-state index contributed by atoms with van der Waals surface area (Å²) in [6, 6.07) is 1.83. The van der Waals surface area contributed by atoms with Crippen molar-refractivity contribution in [2.24, 2.45) is 0 Å². The average molecular weight is 519 g/mol. The molecule has 1 atom stereocenters. The van der Waals surface area contributed by atoms with Gasteiger partial charge >= 0.3 is 0 Å². The van der Waals surface area contributed by atoms with Gasteiger partial charge in [-0.3, -0.25) is 4.90 Å². The van der Waals surface area contributed by atoms with Crippen molar-refractivity contribution in [3.63, 3.8) is 0 Å². The molecule has 0 spiro atoms. The number of hydrogen-bond acceptors (Lipinski definition) is 12. The Kier molecular flexibility index (Phi) is 7.84. The Morgan fingerprint density at radius 2 is 1.79 bits per heavy atom. The Labute approximate surface area is 222 Å². The standard InChI is InChI=1S/C25H34N12O/c1-34(2)24-28-12-18(13-29-24)14-36-8-9-37(25-26-6-5-7-27-25)16-19(15-36)21-32-22-20(30-17-31-22)23(33-21)35(3)10-11-38-4/h5-7,12-13,17,19H,8-11,14-16H2,1-4H3,(H,30,31,32,33). The van der Waals surface area contributed by atoms with Gasteiger partial charge in [0.1, 0.15) is 11.3 Å². The lowest BCUT2D eigenvalue weighted by molar-refractivity contribution is 0.206. The fourth-order valence-electron chi connectivity index (χ4n) is 4.57. The number of fused-ring (bicyclic) bond motifs is 1. The molecule has 0 radical (unpaired) electrons. The summed E-state index contributed by atoms with van der Waals surface area (Å²) in [5, 5.41) is 0. The molecule has 5 heterocycles. The van der Waals surface area contributed by atoms with E-state index in [4.69, 9.17) is 14.7 Å². The predicted molar refractivity (Wildman–Crippen MR) is 145 cm³/mol. The second kappa shape index (κ2) is 11.6. The number of rotatable bonds is 9. The van der Waals surface area contributed by atoms with E-state index in [0.29, 0.717) is 37.2 Å². The zero-order valence-electron chi connectivity index (χ0n) is 22.3. The fourth-order valence-corrected chi connectivity index (χ4v) is 4.57. The van der Waals surface area contributed by atoms with E-state index in [-0.39, 0.29) is 5.92 Å². The topological polar surface area (TPSA) is 128 Å². The summed E-state index contributed by atoms with van der Waals surface area (Å²) in [6.45, 7) is 5.07. The molecule has 38 heavy (non-hydrogen) atoms. The van der Waals surface area contributed by atoms with Crippen molar-refractivity contribution in [1.82, 2.24) is 44.8 Å². The second-order valence-corrected chi connectivity index (χ2v) is 9.63. The summed E-state index contributed by atoms with van der Waals surface area (Å²) in [4.78, 5) is 44.2. The van der Waals surface area contributed by atoms with Crippen LogP contribution in [0.4, 0.5) is 17.7 Å². The number of nitrogens with one attached hydrogen (secondary N) is 1. The quantitative estimate of drug-likeness (QED) is 0.342. The molecule has 13 heteroatoms. The lowest BCUT2D eigenvalue weighted by atomic mass is 10.1. The van der Waals surface area contributed by atoms with E-state index in [1.165, 1.54) is 0 Å². The van der Waals surface area contributed by atoms with Gasteiger partial charge in [0.25, 0.3) is 0 Å². The van der Waals surface area contributed by atoms with Crippen molar-refractivity contribution in [2.75, 3.05) is 82.3 Å². The van der Waals surface area contributed by atoms with Crippen molar-refractivity contribution in [1.29, 1.82) is 0 Å². The number of aromatic nitrogens is 8. The zero-order chi connectivity index (χ0) is 26.5. The molecule has 5 rings (SSSR count). The number of anilines is 3. The van der Waals surface area contributed by atoms with Gasteiger partial charge in [-0.05, 0) is 6.07 Å². The number of methoxy groups -OCH3 is 1. The molecule has 0 aromatic carbocycles. The van der Waals surface area contributed by atoms with Crippen LogP contribution >= 0.6 is 0 Å². The first-order chi connectivity index (χ1) is 18.5. The number of aromatic amines is 1. The van der Waals surface area contributed by atoms with Crippen molar-refractivity contribution in [3.8, 4) is 0 Å². The minimum absolute atomic E-state index is 0.000974. The van der Waals surface area contributed by atoms with E-state index < -0.39 is 0 Å². The number of ether oxygens (including phenoxy) is 1. The molecular formula is C25H34N12O. The molecule has 1 N–H and O–H groups in total. The Balaban J connectivity index is 1.46. The monoisotopic (exact) mass is 518 g/mol. The minimum Gasteiger partial charge on any atom is -0.383 e. The third kappa shape index (κ3) is 5.78. The molecule has 0 saturated carbocycles. The summed E-state index contributed by atoms with van der Waals surface area (Å²) in [7, 11) is 7.58. The van der Waals surface area contributed by atoms with Crippen molar-refractivity contribution < 1.29 is 4.74 Å². The SMILES string of the molecule is COCCN(C)c1nc(C2CN(Cc3cnc(N(C)C)nc3)CCN(c3ncccn3)C2)nc2nc[nH]c12. The molecule has 0 bridgehead atoms. The maximum Gasteiger partial charge on any atom is 0.225 e. The number of nitrogens with zero attached hydrogens (tertiary/aromatic N) is 11. The first-order valence-corrected chi connectivity index (χ1v) is 12.7. The van der Waals surface area contributed by atoms with Crippen LogP contribution in [0.2, 0.25) is 0 Å². The minimum atomic E-state index is -0.000974. The van der Waals surface area contributed by atoms with Gasteiger partial charge in [-0.25, -0.2) is 34.9 Å². The van der Waals surface area contributed by atoms with Crippen LogP contribution in [-0.4, -0.2) is 112 Å². The first kappa shape index (κ1) is 25.7. The highest BCUT2D eigenvalue weighted by Gasteiger charge is 2.29. The third-order valence-corrected chi connectivity index (χ3v) is 6.58. The third-order valence-electron chi connectivity index (χ3n) is 6.58. The van der Waals surface area contributed by atoms with Crippen LogP contribution in [0.1, 0.15) is 17.3 Å². The molecule has 200 valence electrons. The van der Waals surface area contributed by atoms with Gasteiger partial charge in [0, 0.05) is 104 Å². The van der Waals surface area contributed by atoms with Gasteiger partial charge in [0.15, 0.2) is 11.5 Å². The summed E-state index contributed by atoms with van der Waals surface area (Å²) < 4.78 is 5.29. The van der Waals surface area contributed by atoms with Crippen molar-refractivity contribution in [3.05, 3.63) is 48.6 Å². The van der Waals surface area contributed by atoms with Gasteiger partial charge in [0.2, 0.25) is 11.9 Å². The van der Waals surface area contributed by atoms with E-state index >= 15 is 0 Å². The zero-order valence-corrected chi connectivity index (χ0v) is 22.3. The van der Waals surface area contributed by atoms with Gasteiger partial charge in [0.05, 0.1) is 12.9 Å². The Morgan fingerprint density at radius 1 is 1.00 bits per heavy atom. The molecule has 13 nitrogen and oxygen atoms in total. The lowest BCUT2D eigenvalue weighted by Gasteiger charge is -2.25. The summed E-state index contributed by atoms with van der Waals surface area (Å²) in [6.07, 6.45) is 9.01. The second-order valence-electron chi connectivity index (χ2n) is 9.63. The normalized spacial score (nSPS) is 16.5. The number of H-pyrrole nitrogens is 1. The number of imidazole rings is 1. The number of hydrogen-bond donors (Lipinski definition) is 1. The molecule has 0 aliphatic carbocycles. The van der Waals surface area contributed by atoms with Crippen LogP contribution in [0.5, 0.6) is 0 Å². The first-order valence-electron chi connectivity index (χ1n) is 12.7. The van der Waals surface area contributed by atoms with Crippen LogP contribution in [0.25, 0.3) is 11.2 Å².